The monoisotopic (exact) mass is 245 g/mol. The summed E-state index contributed by atoms with van der Waals surface area (Å²) in [7, 11) is 0. The molecule has 0 saturated carbocycles. The summed E-state index contributed by atoms with van der Waals surface area (Å²) < 4.78 is 0. The molecule has 17 heavy (non-hydrogen) atoms. The molecule has 0 aliphatic carbocycles. The van der Waals surface area contributed by atoms with Crippen LogP contribution in [0.25, 0.3) is 0 Å². The maximum Gasteiger partial charge on any atom is 0.0949 e. The average Bonchev–Trinajstić information content (AvgIpc) is 2.34. The molecule has 1 unspecified atom stereocenters. The summed E-state index contributed by atoms with van der Waals surface area (Å²) in [6, 6.07) is 0. The number of hydrogen-bond donors (Lipinski definition) is 1. The lowest BCUT2D eigenvalue weighted by molar-refractivity contribution is -0.331. The summed E-state index contributed by atoms with van der Waals surface area (Å²) in [5.74, 6) is 4.96. The predicted molar refractivity (Wildman–Crippen MR) is 72.3 cm³/mol. The Labute approximate surface area is 107 Å². The van der Waals surface area contributed by atoms with Crippen molar-refractivity contribution >= 4 is 0 Å². The van der Waals surface area contributed by atoms with Gasteiger partial charge in [0, 0.05) is 0 Å². The van der Waals surface area contributed by atoms with Crippen molar-refractivity contribution in [2.75, 3.05) is 0 Å². The van der Waals surface area contributed by atoms with Gasteiger partial charge in [0.05, 0.1) is 6.10 Å². The van der Waals surface area contributed by atoms with Gasteiger partial charge in [-0.1, -0.05) is 71.6 Å². The Balaban J connectivity index is 3.34. The molecule has 0 fully saturated rings. The van der Waals surface area contributed by atoms with E-state index in [9.17, 15) is 0 Å². The van der Waals surface area contributed by atoms with Gasteiger partial charge in [-0.05, 0) is 12.8 Å². The first-order valence-electron chi connectivity index (χ1n) is 7.37. The fourth-order valence-corrected chi connectivity index (χ4v) is 2.08. The molecule has 0 radical (unpaired) electrons. The van der Waals surface area contributed by atoms with Gasteiger partial charge in [0.1, 0.15) is 0 Å². The first-order chi connectivity index (χ1) is 8.35. The van der Waals surface area contributed by atoms with Crippen LogP contribution in [-0.4, -0.2) is 6.10 Å². The fourth-order valence-electron chi connectivity index (χ4n) is 2.08. The molecule has 3 nitrogen and oxygen atoms in total. The van der Waals surface area contributed by atoms with Crippen molar-refractivity contribution in [3.8, 4) is 0 Å². The number of rotatable bonds is 13. The highest BCUT2D eigenvalue weighted by Gasteiger charge is 2.08. The minimum Gasteiger partial charge on any atom is -0.215 e. The Morgan fingerprint density at radius 3 is 1.88 bits per heavy atom. The van der Waals surface area contributed by atoms with E-state index in [0.717, 1.165) is 12.8 Å². The van der Waals surface area contributed by atoms with Crippen LogP contribution in [0.1, 0.15) is 84.5 Å². The SMILES string of the molecule is CCCCCCCCCC(CCCC)OON. The Hall–Kier alpha value is -0.120. The lowest BCUT2D eigenvalue weighted by Gasteiger charge is -2.14. The van der Waals surface area contributed by atoms with Crippen LogP contribution in [0.5, 0.6) is 0 Å². The van der Waals surface area contributed by atoms with Crippen LogP contribution in [0.3, 0.4) is 0 Å². The summed E-state index contributed by atoms with van der Waals surface area (Å²) in [6.07, 6.45) is 14.0. The van der Waals surface area contributed by atoms with E-state index in [0.29, 0.717) is 0 Å². The Morgan fingerprint density at radius 2 is 1.29 bits per heavy atom. The molecular weight excluding hydrogens is 214 g/mol. The molecule has 0 spiro atoms. The van der Waals surface area contributed by atoms with Gasteiger partial charge < -0.3 is 0 Å². The molecule has 0 rings (SSSR count). The van der Waals surface area contributed by atoms with Gasteiger partial charge in [-0.15, -0.1) is 4.99 Å². The third kappa shape index (κ3) is 12.1. The molecule has 0 amide bonds. The van der Waals surface area contributed by atoms with Gasteiger partial charge in [-0.25, -0.2) is 4.89 Å². The zero-order valence-electron chi connectivity index (χ0n) is 11.7. The van der Waals surface area contributed by atoms with E-state index in [4.69, 9.17) is 10.8 Å². The second-order valence-corrected chi connectivity index (χ2v) is 4.87. The Kier molecular flexibility index (Phi) is 13.8. The molecule has 0 bridgehead atoms. The normalized spacial score (nSPS) is 12.9. The molecule has 0 aromatic heterocycles. The molecule has 0 aromatic rings. The lowest BCUT2D eigenvalue weighted by Crippen LogP contribution is -2.16. The van der Waals surface area contributed by atoms with E-state index in [-0.39, 0.29) is 6.10 Å². The minimum atomic E-state index is 0.190. The second kappa shape index (κ2) is 13.9. The van der Waals surface area contributed by atoms with E-state index in [1.54, 1.807) is 0 Å². The van der Waals surface area contributed by atoms with Crippen LogP contribution in [0.15, 0.2) is 0 Å². The molecule has 0 aromatic carbocycles. The van der Waals surface area contributed by atoms with E-state index < -0.39 is 0 Å². The van der Waals surface area contributed by atoms with E-state index in [1.165, 1.54) is 57.8 Å². The number of hydrogen-bond acceptors (Lipinski definition) is 3. The van der Waals surface area contributed by atoms with E-state index in [2.05, 4.69) is 18.8 Å². The molecule has 1 atom stereocenters. The summed E-state index contributed by atoms with van der Waals surface area (Å²) >= 11 is 0. The molecule has 0 heterocycles. The predicted octanol–water partition coefficient (Wildman–Crippen LogP) is 4.51. The zero-order valence-corrected chi connectivity index (χ0v) is 11.7. The van der Waals surface area contributed by atoms with E-state index >= 15 is 0 Å². The highest BCUT2D eigenvalue weighted by molar-refractivity contribution is 4.57. The average molecular weight is 245 g/mol. The van der Waals surface area contributed by atoms with Gasteiger partial charge >= 0.3 is 0 Å². The van der Waals surface area contributed by atoms with Crippen LogP contribution in [0, 0.1) is 0 Å². The summed E-state index contributed by atoms with van der Waals surface area (Å²) in [4.78, 5) is 9.38. The van der Waals surface area contributed by atoms with Crippen molar-refractivity contribution in [1.82, 2.24) is 0 Å². The zero-order chi connectivity index (χ0) is 12.8. The van der Waals surface area contributed by atoms with Gasteiger partial charge in [-0.2, -0.15) is 5.90 Å². The van der Waals surface area contributed by atoms with Crippen molar-refractivity contribution in [3.63, 3.8) is 0 Å². The topological polar surface area (TPSA) is 44.5 Å². The van der Waals surface area contributed by atoms with Gasteiger partial charge in [0.2, 0.25) is 0 Å². The van der Waals surface area contributed by atoms with Crippen molar-refractivity contribution in [1.29, 1.82) is 0 Å². The van der Waals surface area contributed by atoms with Crippen LogP contribution in [0.4, 0.5) is 0 Å². The first kappa shape index (κ1) is 16.9. The quantitative estimate of drug-likeness (QED) is 0.295. The van der Waals surface area contributed by atoms with E-state index in [1.807, 2.05) is 0 Å². The molecule has 2 N–H and O–H groups in total. The van der Waals surface area contributed by atoms with Crippen molar-refractivity contribution < 1.29 is 9.88 Å². The summed E-state index contributed by atoms with van der Waals surface area (Å²) in [5.41, 5.74) is 0. The molecule has 3 heteroatoms. The first-order valence-corrected chi connectivity index (χ1v) is 7.37. The van der Waals surface area contributed by atoms with Crippen LogP contribution >= 0.6 is 0 Å². The smallest absolute Gasteiger partial charge is 0.0949 e. The Bertz CT molecular complexity index is 142. The van der Waals surface area contributed by atoms with Gasteiger partial charge in [0.25, 0.3) is 0 Å². The fraction of sp³-hybridized carbons (Fsp3) is 1.00. The number of unbranched alkanes of at least 4 members (excludes halogenated alkanes) is 7. The van der Waals surface area contributed by atoms with Gasteiger partial charge in [-0.3, -0.25) is 0 Å². The standard InChI is InChI=1S/C14H31NO2/c1-3-5-7-8-9-10-11-13-14(16-17-15)12-6-4-2/h14H,3-13,15H2,1-2H3. The lowest BCUT2D eigenvalue weighted by atomic mass is 10.0. The molecule has 104 valence electrons. The van der Waals surface area contributed by atoms with Gasteiger partial charge in [0.15, 0.2) is 0 Å². The minimum absolute atomic E-state index is 0.190. The van der Waals surface area contributed by atoms with Crippen molar-refractivity contribution in [2.24, 2.45) is 5.90 Å². The van der Waals surface area contributed by atoms with Crippen LogP contribution < -0.4 is 5.90 Å². The van der Waals surface area contributed by atoms with Crippen LogP contribution in [-0.2, 0) is 9.88 Å². The highest BCUT2D eigenvalue weighted by atomic mass is 17.3. The molecule has 0 aliphatic rings. The third-order valence-corrected chi connectivity index (χ3v) is 3.20. The molecule has 0 aliphatic heterocycles. The largest absolute Gasteiger partial charge is 0.215 e. The maximum atomic E-state index is 5.07. The summed E-state index contributed by atoms with van der Waals surface area (Å²) in [5, 5.41) is 0. The van der Waals surface area contributed by atoms with Crippen molar-refractivity contribution in [2.45, 2.75) is 90.6 Å². The third-order valence-electron chi connectivity index (χ3n) is 3.20. The Morgan fingerprint density at radius 1 is 0.765 bits per heavy atom. The second-order valence-electron chi connectivity index (χ2n) is 4.87. The maximum absolute atomic E-state index is 5.07. The summed E-state index contributed by atoms with van der Waals surface area (Å²) in [6.45, 7) is 4.44. The van der Waals surface area contributed by atoms with Crippen LogP contribution in [0.2, 0.25) is 0 Å². The number of nitrogens with two attached hydrogens (primary N) is 1. The molecule has 0 saturated heterocycles. The van der Waals surface area contributed by atoms with Crippen molar-refractivity contribution in [3.05, 3.63) is 0 Å². The highest BCUT2D eigenvalue weighted by Crippen LogP contribution is 2.14. The molecular formula is C14H31NO2.